The summed E-state index contributed by atoms with van der Waals surface area (Å²) in [6.07, 6.45) is 0.118. The van der Waals surface area contributed by atoms with E-state index in [1.165, 1.54) is 18.3 Å². The third-order valence-corrected chi connectivity index (χ3v) is 5.72. The molecule has 0 bridgehead atoms. The first kappa shape index (κ1) is 19.4. The van der Waals surface area contributed by atoms with E-state index in [4.69, 9.17) is 11.6 Å². The standard InChI is InChI=1S/C20H17ClN4O3S/c1-11(26)22-14-3-2-4-15(9-14)25-10-12(7-18(25)27)19(28)24-20-23-16-6-5-13(21)8-17(16)29-20/h2-6,8-9,12H,7,10H2,1H3,(H,22,26)(H,23,24,28)/t12-/m1/s1. The lowest BCUT2D eigenvalue weighted by molar-refractivity contribution is -0.122. The van der Waals surface area contributed by atoms with Crippen molar-refractivity contribution in [2.24, 2.45) is 5.92 Å². The van der Waals surface area contributed by atoms with E-state index in [9.17, 15) is 14.4 Å². The Morgan fingerprint density at radius 3 is 2.83 bits per heavy atom. The van der Waals surface area contributed by atoms with Crippen molar-refractivity contribution in [3.63, 3.8) is 0 Å². The van der Waals surface area contributed by atoms with Gasteiger partial charge in [-0.15, -0.1) is 0 Å². The summed E-state index contributed by atoms with van der Waals surface area (Å²) in [5.74, 6) is -1.06. The molecule has 1 saturated heterocycles. The van der Waals surface area contributed by atoms with Crippen molar-refractivity contribution in [3.05, 3.63) is 47.5 Å². The molecule has 0 spiro atoms. The van der Waals surface area contributed by atoms with Gasteiger partial charge in [0.1, 0.15) is 0 Å². The Hall–Kier alpha value is -2.97. The van der Waals surface area contributed by atoms with Gasteiger partial charge in [0.05, 0.1) is 16.1 Å². The molecule has 0 radical (unpaired) electrons. The van der Waals surface area contributed by atoms with Crippen molar-refractivity contribution < 1.29 is 14.4 Å². The third-order valence-electron chi connectivity index (χ3n) is 4.55. The monoisotopic (exact) mass is 428 g/mol. The zero-order valence-corrected chi connectivity index (χ0v) is 17.0. The molecule has 2 heterocycles. The number of carbonyl (C=O) groups is 3. The van der Waals surface area contributed by atoms with Crippen LogP contribution in [0.1, 0.15) is 13.3 Å². The molecule has 2 aromatic carbocycles. The van der Waals surface area contributed by atoms with E-state index in [-0.39, 0.29) is 30.7 Å². The fourth-order valence-corrected chi connectivity index (χ4v) is 4.39. The fourth-order valence-electron chi connectivity index (χ4n) is 3.25. The molecule has 148 valence electrons. The Morgan fingerprint density at radius 2 is 2.03 bits per heavy atom. The highest BCUT2D eigenvalue weighted by molar-refractivity contribution is 7.22. The highest BCUT2D eigenvalue weighted by atomic mass is 35.5. The number of amides is 3. The Morgan fingerprint density at radius 1 is 1.21 bits per heavy atom. The highest BCUT2D eigenvalue weighted by Gasteiger charge is 2.35. The normalized spacial score (nSPS) is 16.3. The van der Waals surface area contributed by atoms with Gasteiger partial charge >= 0.3 is 0 Å². The molecule has 0 aliphatic carbocycles. The number of halogens is 1. The molecule has 2 N–H and O–H groups in total. The summed E-state index contributed by atoms with van der Waals surface area (Å²) in [5.41, 5.74) is 2.00. The smallest absolute Gasteiger partial charge is 0.231 e. The van der Waals surface area contributed by atoms with Crippen LogP contribution in [0.2, 0.25) is 5.02 Å². The minimum absolute atomic E-state index is 0.118. The van der Waals surface area contributed by atoms with Crippen LogP contribution >= 0.6 is 22.9 Å². The molecule has 1 aromatic heterocycles. The van der Waals surface area contributed by atoms with Crippen molar-refractivity contribution in [3.8, 4) is 0 Å². The first-order valence-electron chi connectivity index (χ1n) is 8.94. The molecule has 1 aliphatic heterocycles. The predicted octanol–water partition coefficient (Wildman–Crippen LogP) is 3.90. The molecule has 1 atom stereocenters. The topological polar surface area (TPSA) is 91.4 Å². The van der Waals surface area contributed by atoms with Crippen molar-refractivity contribution in [1.82, 2.24) is 4.98 Å². The molecule has 1 fully saturated rings. The summed E-state index contributed by atoms with van der Waals surface area (Å²) in [4.78, 5) is 42.4. The molecular weight excluding hydrogens is 412 g/mol. The Kier molecular flexibility index (Phi) is 5.21. The van der Waals surface area contributed by atoms with Crippen LogP contribution < -0.4 is 15.5 Å². The minimum atomic E-state index is -0.484. The first-order valence-corrected chi connectivity index (χ1v) is 10.1. The third kappa shape index (κ3) is 4.23. The minimum Gasteiger partial charge on any atom is -0.326 e. The molecule has 0 unspecified atom stereocenters. The largest absolute Gasteiger partial charge is 0.326 e. The van der Waals surface area contributed by atoms with Crippen LogP contribution in [-0.2, 0) is 14.4 Å². The molecule has 29 heavy (non-hydrogen) atoms. The highest BCUT2D eigenvalue weighted by Crippen LogP contribution is 2.31. The van der Waals surface area contributed by atoms with Crippen LogP contribution in [0.25, 0.3) is 10.2 Å². The van der Waals surface area contributed by atoms with Gasteiger partial charge in [-0.2, -0.15) is 0 Å². The van der Waals surface area contributed by atoms with Crippen molar-refractivity contribution in [1.29, 1.82) is 0 Å². The maximum atomic E-state index is 12.7. The second-order valence-electron chi connectivity index (χ2n) is 6.76. The number of nitrogens with one attached hydrogen (secondary N) is 2. The molecule has 1 aliphatic rings. The fraction of sp³-hybridized carbons (Fsp3) is 0.200. The van der Waals surface area contributed by atoms with Crippen molar-refractivity contribution in [2.45, 2.75) is 13.3 Å². The van der Waals surface area contributed by atoms with Gasteiger partial charge < -0.3 is 15.5 Å². The molecule has 4 rings (SSSR count). The lowest BCUT2D eigenvalue weighted by atomic mass is 10.1. The van der Waals surface area contributed by atoms with E-state index in [2.05, 4.69) is 15.6 Å². The number of aromatic nitrogens is 1. The summed E-state index contributed by atoms with van der Waals surface area (Å²) in [7, 11) is 0. The summed E-state index contributed by atoms with van der Waals surface area (Å²) >= 11 is 7.33. The van der Waals surface area contributed by atoms with E-state index in [1.807, 2.05) is 0 Å². The number of fused-ring (bicyclic) bond motifs is 1. The quantitative estimate of drug-likeness (QED) is 0.659. The zero-order valence-electron chi connectivity index (χ0n) is 15.4. The summed E-state index contributed by atoms with van der Waals surface area (Å²) in [5, 5.41) is 6.59. The van der Waals surface area contributed by atoms with Gasteiger partial charge in [0.25, 0.3) is 0 Å². The lowest BCUT2D eigenvalue weighted by Gasteiger charge is -2.17. The van der Waals surface area contributed by atoms with Crippen LogP contribution in [0.4, 0.5) is 16.5 Å². The van der Waals surface area contributed by atoms with Crippen molar-refractivity contribution in [2.75, 3.05) is 22.1 Å². The summed E-state index contributed by atoms with van der Waals surface area (Å²) < 4.78 is 0.881. The van der Waals surface area contributed by atoms with Gasteiger partial charge in [-0.3, -0.25) is 14.4 Å². The van der Waals surface area contributed by atoms with Gasteiger partial charge in [0.15, 0.2) is 5.13 Å². The Balaban J connectivity index is 1.46. The molecule has 3 amide bonds. The Bertz CT molecular complexity index is 1130. The van der Waals surface area contributed by atoms with Gasteiger partial charge in [-0.1, -0.05) is 29.0 Å². The van der Waals surface area contributed by atoms with Gasteiger partial charge in [0.2, 0.25) is 17.7 Å². The Labute approximate surface area is 175 Å². The van der Waals surface area contributed by atoms with E-state index in [1.54, 1.807) is 47.4 Å². The number of thiazole rings is 1. The number of hydrogen-bond acceptors (Lipinski definition) is 5. The number of benzene rings is 2. The van der Waals surface area contributed by atoms with Gasteiger partial charge in [-0.25, -0.2) is 4.98 Å². The molecule has 7 nitrogen and oxygen atoms in total. The van der Waals surface area contributed by atoms with Crippen LogP contribution in [0.15, 0.2) is 42.5 Å². The van der Waals surface area contributed by atoms with E-state index in [0.717, 1.165) is 10.2 Å². The zero-order chi connectivity index (χ0) is 20.5. The average molecular weight is 429 g/mol. The molecule has 0 saturated carbocycles. The van der Waals surface area contributed by atoms with Gasteiger partial charge in [-0.05, 0) is 36.4 Å². The van der Waals surface area contributed by atoms with Crippen LogP contribution in [0, 0.1) is 5.92 Å². The predicted molar refractivity (Wildman–Crippen MR) is 114 cm³/mol. The first-order chi connectivity index (χ1) is 13.9. The number of carbonyl (C=O) groups excluding carboxylic acids is 3. The van der Waals surface area contributed by atoms with E-state index < -0.39 is 5.92 Å². The maximum absolute atomic E-state index is 12.7. The van der Waals surface area contributed by atoms with Crippen LogP contribution in [0.5, 0.6) is 0 Å². The number of rotatable bonds is 4. The van der Waals surface area contributed by atoms with Crippen LogP contribution in [-0.4, -0.2) is 29.3 Å². The second kappa shape index (κ2) is 7.81. The summed E-state index contributed by atoms with van der Waals surface area (Å²) in [6, 6.07) is 12.3. The van der Waals surface area contributed by atoms with Crippen molar-refractivity contribution >= 4 is 67.4 Å². The molecule has 3 aromatic rings. The van der Waals surface area contributed by atoms with E-state index in [0.29, 0.717) is 21.5 Å². The lowest BCUT2D eigenvalue weighted by Crippen LogP contribution is -2.28. The molecule has 9 heteroatoms. The van der Waals surface area contributed by atoms with Gasteiger partial charge in [0, 0.05) is 36.3 Å². The molecular formula is C20H17ClN4O3S. The average Bonchev–Trinajstić information content (AvgIpc) is 3.24. The van der Waals surface area contributed by atoms with E-state index >= 15 is 0 Å². The maximum Gasteiger partial charge on any atom is 0.231 e. The summed E-state index contributed by atoms with van der Waals surface area (Å²) in [6.45, 7) is 1.69. The second-order valence-corrected chi connectivity index (χ2v) is 8.22. The number of anilines is 3. The van der Waals surface area contributed by atoms with Crippen LogP contribution in [0.3, 0.4) is 0 Å². The SMILES string of the molecule is CC(=O)Nc1cccc(N2C[C@H](C(=O)Nc3nc4ccc(Cl)cc4s3)CC2=O)c1. The number of hydrogen-bond donors (Lipinski definition) is 2. The number of nitrogens with zero attached hydrogens (tertiary/aromatic N) is 2.